The number of unbranched alkanes of at least 4 members (excludes halogenated alkanes) is 3. The topological polar surface area (TPSA) is 21.3 Å². The fourth-order valence-electron chi connectivity index (χ4n) is 2.65. The molecule has 1 saturated carbocycles. The summed E-state index contributed by atoms with van der Waals surface area (Å²) in [6.45, 7) is 7.12. The van der Waals surface area contributed by atoms with Crippen LogP contribution in [0.25, 0.3) is 0 Å². The summed E-state index contributed by atoms with van der Waals surface area (Å²) >= 11 is 0. The molecule has 0 radical (unpaired) electrons. The number of rotatable bonds is 12. The Labute approximate surface area is 113 Å². The largest absolute Gasteiger partial charge is 0.380 e. The molecule has 1 fully saturated rings. The van der Waals surface area contributed by atoms with Crippen LogP contribution in [0.15, 0.2) is 12.7 Å². The number of allylic oxidation sites excluding steroid dienone is 1. The molecule has 0 aromatic carbocycles. The average Bonchev–Trinajstić information content (AvgIpc) is 3.20. The predicted molar refractivity (Wildman–Crippen MR) is 78.9 cm³/mol. The number of hydrogen-bond donors (Lipinski definition) is 1. The molecule has 2 atom stereocenters. The minimum absolute atomic E-state index is 0.441. The van der Waals surface area contributed by atoms with Gasteiger partial charge >= 0.3 is 0 Å². The van der Waals surface area contributed by atoms with Crippen molar-refractivity contribution in [3.63, 3.8) is 0 Å². The quantitative estimate of drug-likeness (QED) is 0.420. The third-order valence-corrected chi connectivity index (χ3v) is 3.84. The molecule has 18 heavy (non-hydrogen) atoms. The van der Waals surface area contributed by atoms with E-state index in [0.717, 1.165) is 18.9 Å². The van der Waals surface area contributed by atoms with Crippen LogP contribution in [0.4, 0.5) is 0 Å². The van der Waals surface area contributed by atoms with Crippen LogP contribution in [0.5, 0.6) is 0 Å². The van der Waals surface area contributed by atoms with Crippen LogP contribution in [0, 0.1) is 5.92 Å². The molecule has 0 saturated heterocycles. The molecule has 0 spiro atoms. The smallest absolute Gasteiger partial charge is 0.0752 e. The van der Waals surface area contributed by atoms with Gasteiger partial charge < -0.3 is 10.1 Å². The van der Waals surface area contributed by atoms with Crippen molar-refractivity contribution in [3.05, 3.63) is 12.7 Å². The van der Waals surface area contributed by atoms with Crippen LogP contribution in [-0.4, -0.2) is 25.8 Å². The van der Waals surface area contributed by atoms with Crippen LogP contribution in [0.1, 0.15) is 58.3 Å². The maximum absolute atomic E-state index is 5.73. The first-order valence-electron chi connectivity index (χ1n) is 7.70. The lowest BCUT2D eigenvalue weighted by Gasteiger charge is -2.27. The summed E-state index contributed by atoms with van der Waals surface area (Å²) in [5.41, 5.74) is 0. The third-order valence-electron chi connectivity index (χ3n) is 3.84. The maximum atomic E-state index is 5.73. The second-order valence-corrected chi connectivity index (χ2v) is 5.53. The molecule has 0 amide bonds. The number of hydrogen-bond acceptors (Lipinski definition) is 2. The monoisotopic (exact) mass is 253 g/mol. The zero-order chi connectivity index (χ0) is 13.2. The molecule has 1 aliphatic rings. The molecule has 2 unspecified atom stereocenters. The van der Waals surface area contributed by atoms with Crippen molar-refractivity contribution in [3.8, 4) is 0 Å². The molecule has 1 rings (SSSR count). The van der Waals surface area contributed by atoms with Gasteiger partial charge in [-0.3, -0.25) is 0 Å². The van der Waals surface area contributed by atoms with Gasteiger partial charge in [-0.15, -0.1) is 6.58 Å². The fraction of sp³-hybridized carbons (Fsp3) is 0.875. The Morgan fingerprint density at radius 2 is 2.11 bits per heavy atom. The van der Waals surface area contributed by atoms with E-state index >= 15 is 0 Å². The lowest BCUT2D eigenvalue weighted by molar-refractivity contribution is 0.0476. The van der Waals surface area contributed by atoms with Crippen LogP contribution in [-0.2, 0) is 4.74 Å². The van der Waals surface area contributed by atoms with E-state index in [2.05, 4.69) is 18.8 Å². The highest BCUT2D eigenvalue weighted by atomic mass is 16.5. The van der Waals surface area contributed by atoms with Crippen molar-refractivity contribution < 1.29 is 4.74 Å². The van der Waals surface area contributed by atoms with E-state index in [1.54, 1.807) is 0 Å². The molecule has 0 aromatic heterocycles. The lowest BCUT2D eigenvalue weighted by Crippen LogP contribution is -2.42. The molecule has 1 N–H and O–H groups in total. The minimum atomic E-state index is 0.441. The van der Waals surface area contributed by atoms with E-state index in [1.165, 1.54) is 44.9 Å². The van der Waals surface area contributed by atoms with Crippen LogP contribution in [0.2, 0.25) is 0 Å². The summed E-state index contributed by atoms with van der Waals surface area (Å²) in [5.74, 6) is 0.817. The summed E-state index contributed by atoms with van der Waals surface area (Å²) in [4.78, 5) is 0. The van der Waals surface area contributed by atoms with Gasteiger partial charge in [0.2, 0.25) is 0 Å². The van der Waals surface area contributed by atoms with Crippen molar-refractivity contribution in [2.75, 3.05) is 13.7 Å². The van der Waals surface area contributed by atoms with Crippen molar-refractivity contribution in [1.29, 1.82) is 0 Å². The van der Waals surface area contributed by atoms with Crippen molar-refractivity contribution >= 4 is 0 Å². The van der Waals surface area contributed by atoms with Gasteiger partial charge in [-0.05, 0) is 51.0 Å². The SMILES string of the molecule is C=CCCCCCC(NCCC)C(OC)C1CC1. The van der Waals surface area contributed by atoms with E-state index in [9.17, 15) is 0 Å². The normalized spacial score (nSPS) is 18.6. The molecule has 0 aromatic rings. The Kier molecular flexibility index (Phi) is 8.36. The van der Waals surface area contributed by atoms with Crippen LogP contribution >= 0.6 is 0 Å². The summed E-state index contributed by atoms with van der Waals surface area (Å²) in [6, 6.07) is 0.561. The highest BCUT2D eigenvalue weighted by molar-refractivity contribution is 4.90. The van der Waals surface area contributed by atoms with Gasteiger partial charge in [0.25, 0.3) is 0 Å². The van der Waals surface area contributed by atoms with Gasteiger partial charge in [0.1, 0.15) is 0 Å². The van der Waals surface area contributed by atoms with E-state index in [0.29, 0.717) is 12.1 Å². The molecule has 0 aliphatic heterocycles. The molecule has 0 bridgehead atoms. The Morgan fingerprint density at radius 1 is 1.33 bits per heavy atom. The Hall–Kier alpha value is -0.340. The molecule has 106 valence electrons. The van der Waals surface area contributed by atoms with Gasteiger partial charge in [-0.25, -0.2) is 0 Å². The number of ether oxygens (including phenoxy) is 1. The first kappa shape index (κ1) is 15.7. The first-order valence-corrected chi connectivity index (χ1v) is 7.70. The van der Waals surface area contributed by atoms with Crippen molar-refractivity contribution in [2.45, 2.75) is 70.4 Å². The van der Waals surface area contributed by atoms with Gasteiger partial charge in [0.05, 0.1) is 6.10 Å². The van der Waals surface area contributed by atoms with Gasteiger partial charge in [-0.2, -0.15) is 0 Å². The Bertz CT molecular complexity index is 213. The molecule has 0 heterocycles. The van der Waals surface area contributed by atoms with E-state index in [-0.39, 0.29) is 0 Å². The van der Waals surface area contributed by atoms with Crippen LogP contribution < -0.4 is 5.32 Å². The van der Waals surface area contributed by atoms with Crippen molar-refractivity contribution in [1.82, 2.24) is 5.32 Å². The zero-order valence-corrected chi connectivity index (χ0v) is 12.3. The summed E-state index contributed by atoms with van der Waals surface area (Å²) in [5, 5.41) is 3.69. The predicted octanol–water partition coefficient (Wildman–Crippen LogP) is 3.92. The van der Waals surface area contributed by atoms with Gasteiger partial charge in [-0.1, -0.05) is 25.8 Å². The Balaban J connectivity index is 2.26. The second kappa shape index (κ2) is 9.57. The second-order valence-electron chi connectivity index (χ2n) is 5.53. The van der Waals surface area contributed by atoms with Gasteiger partial charge in [0, 0.05) is 13.2 Å². The first-order chi connectivity index (χ1) is 8.83. The van der Waals surface area contributed by atoms with E-state index in [4.69, 9.17) is 4.74 Å². The lowest BCUT2D eigenvalue weighted by atomic mass is 9.99. The standard InChI is InChI=1S/C16H31NO/c1-4-6-7-8-9-10-15(17-13-5-2)16(18-3)14-11-12-14/h4,14-17H,1,5-13H2,2-3H3. The Morgan fingerprint density at radius 3 is 2.67 bits per heavy atom. The summed E-state index contributed by atoms with van der Waals surface area (Å²) in [6.07, 6.45) is 12.7. The zero-order valence-electron chi connectivity index (χ0n) is 12.3. The third kappa shape index (κ3) is 6.01. The van der Waals surface area contributed by atoms with Crippen molar-refractivity contribution in [2.24, 2.45) is 5.92 Å². The molecule has 1 aliphatic carbocycles. The maximum Gasteiger partial charge on any atom is 0.0752 e. The van der Waals surface area contributed by atoms with E-state index in [1.807, 2.05) is 13.2 Å². The van der Waals surface area contributed by atoms with E-state index < -0.39 is 0 Å². The number of methoxy groups -OCH3 is 1. The van der Waals surface area contributed by atoms with Crippen LogP contribution in [0.3, 0.4) is 0 Å². The summed E-state index contributed by atoms with van der Waals surface area (Å²) in [7, 11) is 1.88. The molecular weight excluding hydrogens is 222 g/mol. The fourth-order valence-corrected chi connectivity index (χ4v) is 2.65. The number of nitrogens with one attached hydrogen (secondary N) is 1. The summed E-state index contributed by atoms with van der Waals surface area (Å²) < 4.78 is 5.73. The molecule has 2 heteroatoms. The molecule has 2 nitrogen and oxygen atoms in total. The highest BCUT2D eigenvalue weighted by Gasteiger charge is 2.36. The average molecular weight is 253 g/mol. The highest BCUT2D eigenvalue weighted by Crippen LogP contribution is 2.36. The minimum Gasteiger partial charge on any atom is -0.380 e. The van der Waals surface area contributed by atoms with Gasteiger partial charge in [0.15, 0.2) is 0 Å². The molecular formula is C16H31NO.